The molecule has 0 N–H and O–H groups in total. The minimum atomic E-state index is -0.794. The quantitative estimate of drug-likeness (QED) is 0.0262. The molecule has 0 amide bonds. The fraction of sp³-hybridized carbons (Fsp3) is 0.746. The molecule has 0 saturated carbocycles. The summed E-state index contributed by atoms with van der Waals surface area (Å²) in [4.78, 5) is 38.1. The summed E-state index contributed by atoms with van der Waals surface area (Å²) < 4.78 is 16.8. The molecule has 0 aliphatic heterocycles. The summed E-state index contributed by atoms with van der Waals surface area (Å²) in [5, 5.41) is 0. The average molecular weight is 907 g/mol. The average Bonchev–Trinajstić information content (AvgIpc) is 3.30. The van der Waals surface area contributed by atoms with Crippen molar-refractivity contribution in [3.63, 3.8) is 0 Å². The van der Waals surface area contributed by atoms with E-state index in [-0.39, 0.29) is 37.5 Å². The number of carbonyl (C=O) groups is 3. The smallest absolute Gasteiger partial charge is 0.306 e. The van der Waals surface area contributed by atoms with Gasteiger partial charge in [0.2, 0.25) is 0 Å². The predicted octanol–water partition coefficient (Wildman–Crippen LogP) is 18.2. The topological polar surface area (TPSA) is 78.9 Å². The Kier molecular flexibility index (Phi) is 50.9. The lowest BCUT2D eigenvalue weighted by Gasteiger charge is -2.18. The third kappa shape index (κ3) is 51.7. The molecular formula is C59H102O6. The van der Waals surface area contributed by atoms with Crippen LogP contribution in [0.2, 0.25) is 0 Å². The standard InChI is InChI=1S/C59H102O6/c1-4-7-10-13-16-19-22-25-27-28-29-30-32-35-38-41-44-47-50-53-59(62)65-56(54-63-57(60)51-48-45-42-39-36-33-24-21-18-15-12-9-6-3)55-64-58(61)52-49-46-43-40-37-34-31-26-23-20-17-14-11-8-5-2/h7,10,16,19,25-27,29-31,35,38,56H,4-6,8-9,11-15,17-18,20-24,28,32-34,36-37,39-55H2,1-3H3/b10-7-,19-16-,27-25-,30-29-,31-26-,38-35-. The summed E-state index contributed by atoms with van der Waals surface area (Å²) >= 11 is 0. The molecule has 1 atom stereocenters. The Morgan fingerprint density at radius 3 is 0.969 bits per heavy atom. The van der Waals surface area contributed by atoms with Crippen LogP contribution < -0.4 is 0 Å². The highest BCUT2D eigenvalue weighted by molar-refractivity contribution is 5.71. The molecule has 0 saturated heterocycles. The van der Waals surface area contributed by atoms with Crippen molar-refractivity contribution in [2.24, 2.45) is 0 Å². The number of allylic oxidation sites excluding steroid dienone is 12. The molecule has 65 heavy (non-hydrogen) atoms. The van der Waals surface area contributed by atoms with Gasteiger partial charge in [-0.3, -0.25) is 14.4 Å². The van der Waals surface area contributed by atoms with Gasteiger partial charge in [-0.2, -0.15) is 0 Å². The SMILES string of the molecule is CC/C=C\C/C=C\C/C=C\C/C=C\C/C=C\CCCCCC(=O)OC(COC(=O)CCCCCCC/C=C\CCCCCCCC)COC(=O)CCCCCCCCCCCCCCC. The molecule has 6 heteroatoms. The van der Waals surface area contributed by atoms with Gasteiger partial charge < -0.3 is 14.2 Å². The van der Waals surface area contributed by atoms with Crippen LogP contribution in [0.3, 0.4) is 0 Å². The number of hydrogen-bond acceptors (Lipinski definition) is 6. The number of rotatable bonds is 49. The fourth-order valence-corrected chi connectivity index (χ4v) is 7.58. The second-order valence-corrected chi connectivity index (χ2v) is 18.1. The van der Waals surface area contributed by atoms with Crippen molar-refractivity contribution in [2.45, 2.75) is 271 Å². The first-order chi connectivity index (χ1) is 32.0. The minimum Gasteiger partial charge on any atom is -0.462 e. The normalized spacial score (nSPS) is 12.6. The fourth-order valence-electron chi connectivity index (χ4n) is 7.58. The third-order valence-electron chi connectivity index (χ3n) is 11.7. The molecule has 0 spiro atoms. The molecule has 0 bridgehead atoms. The number of carbonyl (C=O) groups excluding carboxylic acids is 3. The first kappa shape index (κ1) is 61.9. The lowest BCUT2D eigenvalue weighted by Crippen LogP contribution is -2.30. The third-order valence-corrected chi connectivity index (χ3v) is 11.7. The number of ether oxygens (including phenoxy) is 3. The van der Waals surface area contributed by atoms with Crippen LogP contribution in [-0.4, -0.2) is 37.2 Å². The zero-order valence-corrected chi connectivity index (χ0v) is 42.7. The van der Waals surface area contributed by atoms with E-state index < -0.39 is 6.10 Å². The molecule has 0 rings (SSSR count). The molecule has 374 valence electrons. The zero-order chi connectivity index (χ0) is 47.2. The van der Waals surface area contributed by atoms with Crippen LogP contribution in [-0.2, 0) is 28.6 Å². The van der Waals surface area contributed by atoms with Gasteiger partial charge in [-0.1, -0.05) is 229 Å². The van der Waals surface area contributed by atoms with E-state index in [2.05, 4.69) is 93.7 Å². The van der Waals surface area contributed by atoms with Gasteiger partial charge in [0.1, 0.15) is 13.2 Å². The second kappa shape index (κ2) is 53.5. The molecule has 6 nitrogen and oxygen atoms in total. The molecule has 0 aromatic heterocycles. The highest BCUT2D eigenvalue weighted by atomic mass is 16.6. The minimum absolute atomic E-state index is 0.0895. The molecule has 0 fully saturated rings. The summed E-state index contributed by atoms with van der Waals surface area (Å²) in [7, 11) is 0. The Hall–Kier alpha value is -3.15. The molecular weight excluding hydrogens is 805 g/mol. The Labute approximate surface area is 402 Å². The van der Waals surface area contributed by atoms with E-state index in [1.54, 1.807) is 0 Å². The monoisotopic (exact) mass is 907 g/mol. The molecule has 0 heterocycles. The Balaban J connectivity index is 4.45. The summed E-state index contributed by atoms with van der Waals surface area (Å²) in [6, 6.07) is 0. The maximum atomic E-state index is 12.8. The summed E-state index contributed by atoms with van der Waals surface area (Å²) in [6.07, 6.45) is 67.4. The van der Waals surface area contributed by atoms with Crippen molar-refractivity contribution in [1.82, 2.24) is 0 Å². The summed E-state index contributed by atoms with van der Waals surface area (Å²) in [6.45, 7) is 6.50. The van der Waals surface area contributed by atoms with Gasteiger partial charge in [-0.25, -0.2) is 0 Å². The number of esters is 3. The van der Waals surface area contributed by atoms with Crippen molar-refractivity contribution in [3.8, 4) is 0 Å². The van der Waals surface area contributed by atoms with Crippen LogP contribution in [0.1, 0.15) is 265 Å². The molecule has 0 aliphatic rings. The Morgan fingerprint density at radius 1 is 0.323 bits per heavy atom. The Morgan fingerprint density at radius 2 is 0.600 bits per heavy atom. The van der Waals surface area contributed by atoms with Crippen LogP contribution in [0, 0.1) is 0 Å². The van der Waals surface area contributed by atoms with Gasteiger partial charge in [0.15, 0.2) is 6.10 Å². The second-order valence-electron chi connectivity index (χ2n) is 18.1. The largest absolute Gasteiger partial charge is 0.462 e. The van der Waals surface area contributed by atoms with Crippen molar-refractivity contribution in [3.05, 3.63) is 72.9 Å². The van der Waals surface area contributed by atoms with Gasteiger partial charge in [-0.05, 0) is 89.9 Å². The van der Waals surface area contributed by atoms with Gasteiger partial charge in [-0.15, -0.1) is 0 Å². The lowest BCUT2D eigenvalue weighted by atomic mass is 10.0. The first-order valence-electron chi connectivity index (χ1n) is 27.4. The van der Waals surface area contributed by atoms with Crippen molar-refractivity contribution in [2.75, 3.05) is 13.2 Å². The number of hydrogen-bond donors (Lipinski definition) is 0. The molecule has 0 aliphatic carbocycles. The van der Waals surface area contributed by atoms with Crippen molar-refractivity contribution >= 4 is 17.9 Å². The highest BCUT2D eigenvalue weighted by Crippen LogP contribution is 2.15. The Bertz CT molecular complexity index is 1230. The van der Waals surface area contributed by atoms with E-state index in [0.717, 1.165) is 103 Å². The van der Waals surface area contributed by atoms with Gasteiger partial charge in [0.25, 0.3) is 0 Å². The van der Waals surface area contributed by atoms with E-state index in [1.165, 1.54) is 122 Å². The van der Waals surface area contributed by atoms with Crippen LogP contribution in [0.5, 0.6) is 0 Å². The van der Waals surface area contributed by atoms with Crippen LogP contribution in [0.15, 0.2) is 72.9 Å². The molecule has 0 aromatic rings. The van der Waals surface area contributed by atoms with Crippen LogP contribution in [0.4, 0.5) is 0 Å². The zero-order valence-electron chi connectivity index (χ0n) is 42.7. The van der Waals surface area contributed by atoms with Gasteiger partial charge >= 0.3 is 17.9 Å². The van der Waals surface area contributed by atoms with E-state index in [4.69, 9.17) is 14.2 Å². The van der Waals surface area contributed by atoms with E-state index in [0.29, 0.717) is 12.8 Å². The van der Waals surface area contributed by atoms with Crippen molar-refractivity contribution in [1.29, 1.82) is 0 Å². The lowest BCUT2D eigenvalue weighted by molar-refractivity contribution is -0.167. The van der Waals surface area contributed by atoms with Crippen molar-refractivity contribution < 1.29 is 28.6 Å². The van der Waals surface area contributed by atoms with E-state index in [9.17, 15) is 14.4 Å². The molecule has 0 radical (unpaired) electrons. The summed E-state index contributed by atoms with van der Waals surface area (Å²) in [5.41, 5.74) is 0. The maximum absolute atomic E-state index is 12.8. The maximum Gasteiger partial charge on any atom is 0.306 e. The van der Waals surface area contributed by atoms with E-state index >= 15 is 0 Å². The van der Waals surface area contributed by atoms with Gasteiger partial charge in [0, 0.05) is 19.3 Å². The molecule has 1 unspecified atom stereocenters. The van der Waals surface area contributed by atoms with Crippen LogP contribution in [0.25, 0.3) is 0 Å². The van der Waals surface area contributed by atoms with Crippen LogP contribution >= 0.6 is 0 Å². The number of unbranched alkanes of at least 4 members (excludes halogenated alkanes) is 26. The molecule has 0 aromatic carbocycles. The summed E-state index contributed by atoms with van der Waals surface area (Å²) in [5.74, 6) is -0.925. The first-order valence-corrected chi connectivity index (χ1v) is 27.4. The predicted molar refractivity (Wildman–Crippen MR) is 279 cm³/mol. The van der Waals surface area contributed by atoms with E-state index in [1.807, 2.05) is 0 Å². The van der Waals surface area contributed by atoms with Gasteiger partial charge in [0.05, 0.1) is 0 Å². The highest BCUT2D eigenvalue weighted by Gasteiger charge is 2.19.